The van der Waals surface area contributed by atoms with Gasteiger partial charge in [-0.05, 0) is 29.7 Å². The molecular formula is C16H7F4NO9S2. The van der Waals surface area contributed by atoms with Gasteiger partial charge in [-0.2, -0.15) is 34.4 Å². The van der Waals surface area contributed by atoms with Gasteiger partial charge in [-0.15, -0.1) is 0 Å². The number of fused-ring (bicyclic) bond motifs is 1. The van der Waals surface area contributed by atoms with E-state index >= 15 is 0 Å². The standard InChI is InChI=1S/C16H7F4NO9S2/c17-11-13(19)16(14(20)12(18)15(11)21(22)23)30-10-5-8(32(27,28)29)4-6-3-7(31(24,25)26)1-2-9(6)10/h1-5H,(H,24,25,26)(H,27,28,29). The van der Waals surface area contributed by atoms with E-state index in [1.807, 2.05) is 0 Å². The van der Waals surface area contributed by atoms with Gasteiger partial charge >= 0.3 is 5.69 Å². The van der Waals surface area contributed by atoms with Crippen LogP contribution in [0.25, 0.3) is 10.8 Å². The molecule has 0 spiro atoms. The molecule has 16 heteroatoms. The van der Waals surface area contributed by atoms with Crippen molar-refractivity contribution in [3.8, 4) is 11.5 Å². The first-order valence-corrected chi connectivity index (χ1v) is 10.7. The Labute approximate surface area is 175 Å². The second-order valence-electron chi connectivity index (χ2n) is 6.05. The van der Waals surface area contributed by atoms with E-state index in [0.29, 0.717) is 18.2 Å². The Morgan fingerprint density at radius 3 is 1.78 bits per heavy atom. The lowest BCUT2D eigenvalue weighted by Gasteiger charge is -2.13. The largest absolute Gasteiger partial charge is 0.450 e. The van der Waals surface area contributed by atoms with Crippen molar-refractivity contribution in [3.05, 3.63) is 63.7 Å². The van der Waals surface area contributed by atoms with Crippen molar-refractivity contribution >= 4 is 36.7 Å². The molecule has 0 radical (unpaired) electrons. The van der Waals surface area contributed by atoms with Crippen molar-refractivity contribution in [3.63, 3.8) is 0 Å². The van der Waals surface area contributed by atoms with Gasteiger partial charge in [0.2, 0.25) is 29.0 Å². The van der Waals surface area contributed by atoms with Crippen molar-refractivity contribution in [2.45, 2.75) is 9.79 Å². The zero-order valence-corrected chi connectivity index (χ0v) is 16.5. The molecule has 0 aliphatic heterocycles. The molecule has 0 bridgehead atoms. The quantitative estimate of drug-likeness (QED) is 0.176. The number of benzene rings is 3. The van der Waals surface area contributed by atoms with Gasteiger partial charge in [-0.3, -0.25) is 19.2 Å². The Balaban J connectivity index is 2.34. The maximum Gasteiger partial charge on any atom is 0.346 e. The number of halogens is 4. The second-order valence-corrected chi connectivity index (χ2v) is 8.89. The average Bonchev–Trinajstić information content (AvgIpc) is 2.67. The molecule has 3 aromatic rings. The predicted molar refractivity (Wildman–Crippen MR) is 96.6 cm³/mol. The van der Waals surface area contributed by atoms with Crippen LogP contribution in [0.2, 0.25) is 0 Å². The van der Waals surface area contributed by atoms with Gasteiger partial charge < -0.3 is 4.74 Å². The van der Waals surface area contributed by atoms with Crippen molar-refractivity contribution in [1.82, 2.24) is 0 Å². The summed E-state index contributed by atoms with van der Waals surface area (Å²) in [5, 5.41) is 9.99. The van der Waals surface area contributed by atoms with E-state index in [2.05, 4.69) is 0 Å². The van der Waals surface area contributed by atoms with E-state index in [4.69, 9.17) is 9.29 Å². The van der Waals surface area contributed by atoms with Gasteiger partial charge in [0, 0.05) is 11.5 Å². The van der Waals surface area contributed by atoms with E-state index in [1.54, 1.807) is 0 Å². The van der Waals surface area contributed by atoms with E-state index in [1.165, 1.54) is 0 Å². The van der Waals surface area contributed by atoms with Gasteiger partial charge in [0.05, 0.1) is 14.7 Å². The zero-order chi connectivity index (χ0) is 24.2. The monoisotopic (exact) mass is 497 g/mol. The molecule has 0 amide bonds. The highest BCUT2D eigenvalue weighted by atomic mass is 32.2. The molecule has 0 saturated carbocycles. The summed E-state index contributed by atoms with van der Waals surface area (Å²) in [6, 6.07) is 3.56. The van der Waals surface area contributed by atoms with E-state index in [-0.39, 0.29) is 10.8 Å². The van der Waals surface area contributed by atoms with Gasteiger partial charge in [-0.25, -0.2) is 0 Å². The number of rotatable bonds is 5. The molecule has 0 fully saturated rings. The minimum atomic E-state index is -5.03. The molecule has 2 N–H and O–H groups in total. The average molecular weight is 497 g/mol. The lowest BCUT2D eigenvalue weighted by atomic mass is 10.1. The third-order valence-electron chi connectivity index (χ3n) is 4.05. The maximum atomic E-state index is 14.2. The van der Waals surface area contributed by atoms with E-state index in [9.17, 15) is 49.1 Å². The Hall–Kier alpha value is -3.34. The van der Waals surface area contributed by atoms with E-state index < -0.39 is 75.4 Å². The van der Waals surface area contributed by atoms with Gasteiger partial charge in [0.15, 0.2) is 0 Å². The Bertz CT molecular complexity index is 1490. The molecule has 0 atom stereocenters. The summed E-state index contributed by atoms with van der Waals surface area (Å²) in [5.74, 6) is -12.1. The molecule has 0 aliphatic carbocycles. The predicted octanol–water partition coefficient (Wildman–Crippen LogP) is 3.59. The number of hydrogen-bond donors (Lipinski definition) is 2. The summed E-state index contributed by atoms with van der Waals surface area (Å²) in [4.78, 5) is 7.20. The van der Waals surface area contributed by atoms with Gasteiger partial charge in [-0.1, -0.05) is 0 Å². The fraction of sp³-hybridized carbons (Fsp3) is 0. The summed E-state index contributed by atoms with van der Waals surface area (Å²) >= 11 is 0. The highest BCUT2D eigenvalue weighted by molar-refractivity contribution is 7.86. The summed E-state index contributed by atoms with van der Waals surface area (Å²) < 4.78 is 125. The van der Waals surface area contributed by atoms with Gasteiger partial charge in [0.25, 0.3) is 20.2 Å². The summed E-state index contributed by atoms with van der Waals surface area (Å²) in [5.41, 5.74) is -2.14. The lowest BCUT2D eigenvalue weighted by Crippen LogP contribution is -2.06. The first-order valence-electron chi connectivity index (χ1n) is 7.84. The molecule has 0 saturated heterocycles. The van der Waals surface area contributed by atoms with Crippen LogP contribution >= 0.6 is 0 Å². The summed E-state index contributed by atoms with van der Waals surface area (Å²) in [6.45, 7) is 0. The summed E-state index contributed by atoms with van der Waals surface area (Å²) in [7, 11) is -9.82. The Morgan fingerprint density at radius 1 is 0.812 bits per heavy atom. The molecule has 3 rings (SSSR count). The fourth-order valence-corrected chi connectivity index (χ4v) is 3.69. The number of nitro groups is 1. The molecule has 0 aromatic heterocycles. The van der Waals surface area contributed by atoms with Crippen LogP contribution in [0.15, 0.2) is 40.1 Å². The Morgan fingerprint density at radius 2 is 1.31 bits per heavy atom. The number of hydrogen-bond acceptors (Lipinski definition) is 7. The molecule has 10 nitrogen and oxygen atoms in total. The van der Waals surface area contributed by atoms with Crippen molar-refractivity contribution in [2.24, 2.45) is 0 Å². The van der Waals surface area contributed by atoms with Crippen LogP contribution < -0.4 is 4.74 Å². The van der Waals surface area contributed by atoms with Crippen molar-refractivity contribution in [2.75, 3.05) is 0 Å². The molecular weight excluding hydrogens is 490 g/mol. The van der Waals surface area contributed by atoms with Crippen LogP contribution in [0.1, 0.15) is 0 Å². The lowest BCUT2D eigenvalue weighted by molar-refractivity contribution is -0.390. The molecule has 0 heterocycles. The molecule has 3 aromatic carbocycles. The third-order valence-corrected chi connectivity index (χ3v) is 5.73. The minimum Gasteiger partial charge on any atom is -0.450 e. The topological polar surface area (TPSA) is 161 Å². The molecule has 170 valence electrons. The van der Waals surface area contributed by atoms with Crippen molar-refractivity contribution < 1.29 is 53.2 Å². The van der Waals surface area contributed by atoms with Crippen LogP contribution in [-0.4, -0.2) is 30.9 Å². The molecule has 32 heavy (non-hydrogen) atoms. The minimum absolute atomic E-state index is 0.289. The number of nitro benzene ring substituents is 1. The van der Waals surface area contributed by atoms with E-state index in [0.717, 1.165) is 12.1 Å². The maximum absolute atomic E-state index is 14.2. The first kappa shape index (κ1) is 23.3. The van der Waals surface area contributed by atoms with Crippen LogP contribution in [-0.2, 0) is 20.2 Å². The van der Waals surface area contributed by atoms with Crippen LogP contribution in [0.4, 0.5) is 23.2 Å². The fourth-order valence-electron chi connectivity index (χ4n) is 2.64. The number of ether oxygens (including phenoxy) is 1. The third kappa shape index (κ3) is 4.07. The smallest absolute Gasteiger partial charge is 0.346 e. The highest BCUT2D eigenvalue weighted by Crippen LogP contribution is 2.40. The van der Waals surface area contributed by atoms with Crippen LogP contribution in [0.5, 0.6) is 11.5 Å². The summed E-state index contributed by atoms with van der Waals surface area (Å²) in [6.07, 6.45) is 0. The molecule has 0 unspecified atom stereocenters. The normalized spacial score (nSPS) is 12.2. The first-order chi connectivity index (χ1) is 14.6. The number of nitrogens with zero attached hydrogens (tertiary/aromatic N) is 1. The highest BCUT2D eigenvalue weighted by Gasteiger charge is 2.34. The van der Waals surface area contributed by atoms with Gasteiger partial charge in [0.1, 0.15) is 5.75 Å². The SMILES string of the molecule is O=[N+]([O-])c1c(F)c(F)c(Oc2cc(S(=O)(=O)O)cc3cc(S(=O)(=O)O)ccc23)c(F)c1F. The zero-order valence-electron chi connectivity index (χ0n) is 14.9. The van der Waals surface area contributed by atoms with Crippen LogP contribution in [0, 0.1) is 33.4 Å². The Kier molecular flexibility index (Phi) is 5.58. The molecule has 0 aliphatic rings. The van der Waals surface area contributed by atoms with Crippen LogP contribution in [0.3, 0.4) is 0 Å². The van der Waals surface area contributed by atoms with Crippen molar-refractivity contribution in [1.29, 1.82) is 0 Å². The second kappa shape index (κ2) is 7.66.